The quantitative estimate of drug-likeness (QED) is 0.634. The van der Waals surface area contributed by atoms with Gasteiger partial charge in [0.1, 0.15) is 0 Å². The smallest absolute Gasteiger partial charge is 0.309 e. The summed E-state index contributed by atoms with van der Waals surface area (Å²) >= 11 is 0. The van der Waals surface area contributed by atoms with Crippen LogP contribution in [0, 0.1) is 0 Å². The Morgan fingerprint density at radius 3 is 1.25 bits per heavy atom. The average Bonchev–Trinajstić information content (AvgIpc) is 2.09. The van der Waals surface area contributed by atoms with E-state index in [2.05, 4.69) is 49.5 Å². The monoisotopic (exact) mass is 232 g/mol. The Labute approximate surface area is 99.8 Å². The van der Waals surface area contributed by atoms with Gasteiger partial charge in [-0.2, -0.15) is 0 Å². The molecule has 4 N–H and O–H groups in total. The molecule has 0 fully saturated rings. The maximum absolute atomic E-state index is 9.00. The summed E-state index contributed by atoms with van der Waals surface area (Å²) in [4.78, 5) is 13.5. The first-order chi connectivity index (χ1) is 7.36. The zero-order valence-electron chi connectivity index (χ0n) is 11.2. The van der Waals surface area contributed by atoms with Crippen molar-refractivity contribution in [1.82, 2.24) is 9.80 Å². The summed E-state index contributed by atoms with van der Waals surface area (Å²) in [5.41, 5.74) is 8.50. The van der Waals surface area contributed by atoms with E-state index in [4.69, 9.17) is 4.79 Å². The van der Waals surface area contributed by atoms with Crippen LogP contribution in [0.25, 0.3) is 0 Å². The van der Waals surface area contributed by atoms with Crippen LogP contribution < -0.4 is 11.5 Å². The van der Waals surface area contributed by atoms with E-state index >= 15 is 0 Å². The molecule has 0 aliphatic rings. The number of urea groups is 1. The number of nitrogens with zero attached hydrogens (tertiary/aromatic N) is 2. The van der Waals surface area contributed by atoms with Gasteiger partial charge in [0.2, 0.25) is 0 Å². The van der Waals surface area contributed by atoms with Crippen LogP contribution in [0.15, 0.2) is 0 Å². The molecule has 0 spiro atoms. The van der Waals surface area contributed by atoms with Gasteiger partial charge in [0.05, 0.1) is 0 Å². The lowest BCUT2D eigenvalue weighted by atomic mass is 10.2. The lowest BCUT2D eigenvalue weighted by molar-refractivity contribution is 0.256. The summed E-state index contributed by atoms with van der Waals surface area (Å²) in [7, 11) is 8.55. The van der Waals surface area contributed by atoms with Crippen LogP contribution in [0.5, 0.6) is 0 Å². The predicted octanol–water partition coefficient (Wildman–Crippen LogP) is 0.694. The maximum atomic E-state index is 9.00. The number of unbranched alkanes of at least 4 members (excludes halogenated alkanes) is 3. The fraction of sp³-hybridized carbons (Fsp3) is 0.909. The number of carbonyl (C=O) groups excluding carboxylic acids is 1. The molecule has 0 aromatic carbocycles. The molecule has 0 aromatic heterocycles. The average molecular weight is 232 g/mol. The number of rotatable bonds is 7. The first kappa shape index (κ1) is 17.6. The van der Waals surface area contributed by atoms with Crippen molar-refractivity contribution in [2.24, 2.45) is 11.5 Å². The third-order valence-electron chi connectivity index (χ3n) is 1.96. The maximum Gasteiger partial charge on any atom is 0.309 e. The SMILES string of the molecule is CN(C)CCCCCCN(C)C.NC(N)=O. The zero-order chi connectivity index (χ0) is 13.0. The van der Waals surface area contributed by atoms with Crippen LogP contribution >= 0.6 is 0 Å². The van der Waals surface area contributed by atoms with E-state index in [1.807, 2.05) is 0 Å². The Balaban J connectivity index is 0. The molecular formula is C11H28N4O. The molecule has 16 heavy (non-hydrogen) atoms. The number of primary amides is 2. The molecule has 0 heterocycles. The number of hydrogen-bond acceptors (Lipinski definition) is 3. The molecular weight excluding hydrogens is 204 g/mol. The van der Waals surface area contributed by atoms with Crippen molar-refractivity contribution in [2.75, 3.05) is 41.3 Å². The van der Waals surface area contributed by atoms with Crippen molar-refractivity contribution in [2.45, 2.75) is 25.7 Å². The third kappa shape index (κ3) is 29.2. The molecule has 0 rings (SSSR count). The van der Waals surface area contributed by atoms with Crippen molar-refractivity contribution in [3.8, 4) is 0 Å². The summed E-state index contributed by atoms with van der Waals surface area (Å²) in [6.07, 6.45) is 5.46. The van der Waals surface area contributed by atoms with E-state index in [-0.39, 0.29) is 0 Å². The first-order valence-corrected chi connectivity index (χ1v) is 5.70. The van der Waals surface area contributed by atoms with Gasteiger partial charge in [0, 0.05) is 0 Å². The Kier molecular flexibility index (Phi) is 13.5. The fourth-order valence-electron chi connectivity index (χ4n) is 1.21. The minimum atomic E-state index is -0.833. The third-order valence-corrected chi connectivity index (χ3v) is 1.96. The first-order valence-electron chi connectivity index (χ1n) is 5.70. The highest BCUT2D eigenvalue weighted by atomic mass is 16.2. The number of nitrogens with two attached hydrogens (primary N) is 2. The predicted molar refractivity (Wildman–Crippen MR) is 69.3 cm³/mol. The van der Waals surface area contributed by atoms with Crippen LogP contribution in [0.1, 0.15) is 25.7 Å². The minimum absolute atomic E-state index is 0.833. The van der Waals surface area contributed by atoms with Gasteiger partial charge in [-0.1, -0.05) is 12.8 Å². The van der Waals surface area contributed by atoms with Crippen LogP contribution in [0.4, 0.5) is 4.79 Å². The zero-order valence-corrected chi connectivity index (χ0v) is 11.2. The normalized spacial score (nSPS) is 10.1. The highest BCUT2D eigenvalue weighted by Gasteiger charge is 1.93. The summed E-state index contributed by atoms with van der Waals surface area (Å²) in [5.74, 6) is 0. The van der Waals surface area contributed by atoms with Gasteiger partial charge in [-0.3, -0.25) is 0 Å². The van der Waals surface area contributed by atoms with Crippen molar-refractivity contribution >= 4 is 6.03 Å². The van der Waals surface area contributed by atoms with Crippen molar-refractivity contribution in [1.29, 1.82) is 0 Å². The standard InChI is InChI=1S/C10H24N2.CH4N2O/c1-11(2)9-7-5-6-8-10-12(3)4;2-1(3)4/h5-10H2,1-4H3;(H4,2,3,4). The van der Waals surface area contributed by atoms with Gasteiger partial charge in [0.25, 0.3) is 0 Å². The van der Waals surface area contributed by atoms with Crippen molar-refractivity contribution in [3.63, 3.8) is 0 Å². The second kappa shape index (κ2) is 12.3. The molecule has 0 unspecified atom stereocenters. The van der Waals surface area contributed by atoms with Crippen LogP contribution in [-0.2, 0) is 0 Å². The van der Waals surface area contributed by atoms with E-state index < -0.39 is 6.03 Å². The Hall–Kier alpha value is -0.810. The molecule has 98 valence electrons. The molecule has 5 heteroatoms. The summed E-state index contributed by atoms with van der Waals surface area (Å²) in [6.45, 7) is 2.48. The summed E-state index contributed by atoms with van der Waals surface area (Å²) in [6, 6.07) is -0.833. The van der Waals surface area contributed by atoms with Gasteiger partial charge in [-0.25, -0.2) is 4.79 Å². The van der Waals surface area contributed by atoms with Gasteiger partial charge >= 0.3 is 6.03 Å². The molecule has 2 amide bonds. The van der Waals surface area contributed by atoms with Crippen LogP contribution in [0.2, 0.25) is 0 Å². The highest BCUT2D eigenvalue weighted by Crippen LogP contribution is 2.00. The minimum Gasteiger partial charge on any atom is -0.352 e. The molecule has 0 bridgehead atoms. The highest BCUT2D eigenvalue weighted by molar-refractivity contribution is 5.69. The molecule has 0 aliphatic carbocycles. The molecule has 0 saturated carbocycles. The van der Waals surface area contributed by atoms with E-state index in [1.54, 1.807) is 0 Å². The van der Waals surface area contributed by atoms with Crippen molar-refractivity contribution in [3.05, 3.63) is 0 Å². The topological polar surface area (TPSA) is 75.6 Å². The molecule has 0 aliphatic heterocycles. The van der Waals surface area contributed by atoms with E-state index in [1.165, 1.54) is 38.8 Å². The van der Waals surface area contributed by atoms with Gasteiger partial charge in [-0.15, -0.1) is 0 Å². The van der Waals surface area contributed by atoms with Gasteiger partial charge in [0.15, 0.2) is 0 Å². The van der Waals surface area contributed by atoms with E-state index in [9.17, 15) is 0 Å². The van der Waals surface area contributed by atoms with Crippen molar-refractivity contribution < 1.29 is 4.79 Å². The molecule has 0 atom stereocenters. The lowest BCUT2D eigenvalue weighted by Gasteiger charge is -2.10. The van der Waals surface area contributed by atoms with Gasteiger partial charge < -0.3 is 21.3 Å². The Morgan fingerprint density at radius 2 is 1.06 bits per heavy atom. The van der Waals surface area contributed by atoms with Crippen LogP contribution in [0.3, 0.4) is 0 Å². The largest absolute Gasteiger partial charge is 0.352 e. The lowest BCUT2D eigenvalue weighted by Crippen LogP contribution is -2.18. The second-order valence-electron chi connectivity index (χ2n) is 4.42. The molecule has 0 aromatic rings. The Morgan fingerprint density at radius 1 is 0.812 bits per heavy atom. The van der Waals surface area contributed by atoms with Gasteiger partial charge in [-0.05, 0) is 54.1 Å². The van der Waals surface area contributed by atoms with E-state index in [0.29, 0.717) is 0 Å². The fourth-order valence-corrected chi connectivity index (χ4v) is 1.21. The van der Waals surface area contributed by atoms with Crippen LogP contribution in [-0.4, -0.2) is 57.1 Å². The summed E-state index contributed by atoms with van der Waals surface area (Å²) in [5, 5.41) is 0. The number of carbonyl (C=O) groups is 1. The second-order valence-corrected chi connectivity index (χ2v) is 4.42. The molecule has 0 saturated heterocycles. The summed E-state index contributed by atoms with van der Waals surface area (Å²) < 4.78 is 0. The van der Waals surface area contributed by atoms with E-state index in [0.717, 1.165) is 0 Å². The molecule has 0 radical (unpaired) electrons. The number of hydrogen-bond donors (Lipinski definition) is 2. The number of amides is 2. The Bertz CT molecular complexity index is 144. The molecule has 5 nitrogen and oxygen atoms in total.